The highest BCUT2D eigenvalue weighted by Crippen LogP contribution is 2.23. The third kappa shape index (κ3) is 4.96. The van der Waals surface area contributed by atoms with Gasteiger partial charge in [0.2, 0.25) is 0 Å². The quantitative estimate of drug-likeness (QED) is 0.416. The molecule has 0 fully saturated rings. The molecule has 0 spiro atoms. The Morgan fingerprint density at radius 3 is 2.52 bits per heavy atom. The number of amides is 1. The number of carbonyl (C=O) groups excluding carboxylic acids is 2. The fourth-order valence-corrected chi connectivity index (χ4v) is 3.40. The summed E-state index contributed by atoms with van der Waals surface area (Å²) in [5.41, 5.74) is 0.552. The number of rotatable bonds is 7. The standard InChI is InChI=1S/C24H20ClN3O5/c1-2-28-23(30)19-6-4-3-5-18(19)22(27-28)24(31)32-14-21(29)26-13-17-11-12-20(33-17)15-7-9-16(25)10-8-15/h3-12H,2,13-14H2,1H3,(H,26,29). The van der Waals surface area contributed by atoms with E-state index in [-0.39, 0.29) is 17.8 Å². The van der Waals surface area contributed by atoms with Gasteiger partial charge in [-0.3, -0.25) is 9.59 Å². The smallest absolute Gasteiger partial charge is 0.359 e. The van der Waals surface area contributed by atoms with E-state index in [9.17, 15) is 14.4 Å². The van der Waals surface area contributed by atoms with E-state index in [0.29, 0.717) is 33.9 Å². The molecule has 0 saturated heterocycles. The molecule has 168 valence electrons. The van der Waals surface area contributed by atoms with Gasteiger partial charge in [-0.2, -0.15) is 5.10 Å². The molecule has 1 amide bonds. The van der Waals surface area contributed by atoms with Gasteiger partial charge in [-0.25, -0.2) is 9.48 Å². The molecule has 2 heterocycles. The lowest BCUT2D eigenvalue weighted by atomic mass is 10.1. The van der Waals surface area contributed by atoms with Crippen molar-refractivity contribution in [2.24, 2.45) is 0 Å². The molecule has 4 aromatic rings. The van der Waals surface area contributed by atoms with Gasteiger partial charge in [0.15, 0.2) is 12.3 Å². The monoisotopic (exact) mass is 465 g/mol. The van der Waals surface area contributed by atoms with Gasteiger partial charge < -0.3 is 14.5 Å². The number of aromatic nitrogens is 2. The van der Waals surface area contributed by atoms with Crippen LogP contribution < -0.4 is 10.9 Å². The fraction of sp³-hybridized carbons (Fsp3) is 0.167. The molecule has 0 aliphatic carbocycles. The molecule has 0 unspecified atom stereocenters. The van der Waals surface area contributed by atoms with E-state index in [1.807, 2.05) is 12.1 Å². The summed E-state index contributed by atoms with van der Waals surface area (Å²) in [6.45, 7) is 1.68. The van der Waals surface area contributed by atoms with Gasteiger partial charge in [-0.1, -0.05) is 29.8 Å². The minimum Gasteiger partial charge on any atom is -0.459 e. The maximum atomic E-state index is 12.6. The highest BCUT2D eigenvalue weighted by molar-refractivity contribution is 6.30. The average molecular weight is 466 g/mol. The zero-order valence-corrected chi connectivity index (χ0v) is 18.5. The molecule has 0 bridgehead atoms. The largest absolute Gasteiger partial charge is 0.459 e. The average Bonchev–Trinajstić information content (AvgIpc) is 3.31. The predicted octanol–water partition coefficient (Wildman–Crippen LogP) is 3.80. The molecule has 8 nitrogen and oxygen atoms in total. The van der Waals surface area contributed by atoms with Crippen molar-refractivity contribution in [1.82, 2.24) is 15.1 Å². The molecule has 0 saturated carbocycles. The number of halogens is 1. The van der Waals surface area contributed by atoms with Crippen LogP contribution in [0, 0.1) is 0 Å². The van der Waals surface area contributed by atoms with Crippen LogP contribution in [0.15, 0.2) is 69.9 Å². The van der Waals surface area contributed by atoms with Crippen LogP contribution in [0.25, 0.3) is 22.1 Å². The number of carbonyl (C=O) groups is 2. The number of hydrogen-bond acceptors (Lipinski definition) is 6. The maximum absolute atomic E-state index is 12.6. The van der Waals surface area contributed by atoms with E-state index < -0.39 is 18.5 Å². The van der Waals surface area contributed by atoms with Gasteiger partial charge in [-0.05, 0) is 49.4 Å². The van der Waals surface area contributed by atoms with E-state index >= 15 is 0 Å². The van der Waals surface area contributed by atoms with Crippen molar-refractivity contribution in [3.8, 4) is 11.3 Å². The summed E-state index contributed by atoms with van der Waals surface area (Å²) in [5, 5.41) is 8.11. The zero-order valence-electron chi connectivity index (χ0n) is 17.7. The molecule has 0 aliphatic heterocycles. The SMILES string of the molecule is CCn1nc(C(=O)OCC(=O)NCc2ccc(-c3ccc(Cl)cc3)o2)c2ccccc2c1=O. The summed E-state index contributed by atoms with van der Waals surface area (Å²) < 4.78 is 12.1. The highest BCUT2D eigenvalue weighted by atomic mass is 35.5. The molecule has 9 heteroatoms. The van der Waals surface area contributed by atoms with Crippen molar-refractivity contribution in [1.29, 1.82) is 0 Å². The van der Waals surface area contributed by atoms with Gasteiger partial charge in [0, 0.05) is 22.5 Å². The Bertz CT molecular complexity index is 1380. The van der Waals surface area contributed by atoms with Gasteiger partial charge in [0.25, 0.3) is 11.5 Å². The van der Waals surface area contributed by atoms with Crippen LogP contribution in [0.2, 0.25) is 5.02 Å². The van der Waals surface area contributed by atoms with Crippen LogP contribution in [0.1, 0.15) is 23.2 Å². The summed E-state index contributed by atoms with van der Waals surface area (Å²) in [4.78, 5) is 37.2. The van der Waals surface area contributed by atoms with E-state index in [1.165, 1.54) is 4.68 Å². The molecule has 2 aromatic heterocycles. The van der Waals surface area contributed by atoms with E-state index in [2.05, 4.69) is 10.4 Å². The molecular formula is C24H20ClN3O5. The van der Waals surface area contributed by atoms with E-state index in [4.69, 9.17) is 20.8 Å². The second kappa shape index (κ2) is 9.70. The summed E-state index contributed by atoms with van der Waals surface area (Å²) in [7, 11) is 0. The first-order valence-electron chi connectivity index (χ1n) is 10.2. The molecule has 2 aromatic carbocycles. The molecule has 0 aliphatic rings. The Balaban J connectivity index is 1.37. The maximum Gasteiger partial charge on any atom is 0.359 e. The first-order valence-corrected chi connectivity index (χ1v) is 10.6. The van der Waals surface area contributed by atoms with Crippen LogP contribution >= 0.6 is 11.6 Å². The molecule has 0 radical (unpaired) electrons. The number of benzene rings is 2. The Kier molecular flexibility index (Phi) is 6.55. The van der Waals surface area contributed by atoms with E-state index in [0.717, 1.165) is 5.56 Å². The first-order chi connectivity index (χ1) is 16.0. The third-order valence-corrected chi connectivity index (χ3v) is 5.20. The molecular weight excluding hydrogens is 446 g/mol. The van der Waals surface area contributed by atoms with Crippen LogP contribution in [-0.4, -0.2) is 28.3 Å². The predicted molar refractivity (Wildman–Crippen MR) is 123 cm³/mol. The van der Waals surface area contributed by atoms with Gasteiger partial charge in [-0.15, -0.1) is 0 Å². The molecule has 4 rings (SSSR count). The van der Waals surface area contributed by atoms with Gasteiger partial charge in [0.05, 0.1) is 11.9 Å². The van der Waals surface area contributed by atoms with Crippen molar-refractivity contribution in [2.45, 2.75) is 20.0 Å². The number of esters is 1. The number of nitrogens with one attached hydrogen (secondary N) is 1. The third-order valence-electron chi connectivity index (χ3n) is 4.95. The van der Waals surface area contributed by atoms with Crippen molar-refractivity contribution in [3.05, 3.63) is 87.5 Å². The minimum atomic E-state index is -0.786. The highest BCUT2D eigenvalue weighted by Gasteiger charge is 2.18. The lowest BCUT2D eigenvalue weighted by Crippen LogP contribution is -2.30. The zero-order chi connectivity index (χ0) is 23.4. The van der Waals surface area contributed by atoms with Crippen LogP contribution in [0.3, 0.4) is 0 Å². The van der Waals surface area contributed by atoms with Crippen molar-refractivity contribution >= 4 is 34.2 Å². The minimum absolute atomic E-state index is 0.0153. The Morgan fingerprint density at radius 1 is 1.06 bits per heavy atom. The summed E-state index contributed by atoms with van der Waals surface area (Å²) in [5.74, 6) is -0.0962. The second-order valence-corrected chi connectivity index (χ2v) is 7.58. The van der Waals surface area contributed by atoms with Gasteiger partial charge in [0.1, 0.15) is 11.5 Å². The molecule has 1 N–H and O–H groups in total. The van der Waals surface area contributed by atoms with Crippen molar-refractivity contribution < 1.29 is 18.7 Å². The summed E-state index contributed by atoms with van der Waals surface area (Å²) in [6, 6.07) is 17.4. The number of nitrogens with zero attached hydrogens (tertiary/aromatic N) is 2. The Labute approximate surface area is 193 Å². The summed E-state index contributed by atoms with van der Waals surface area (Å²) in [6.07, 6.45) is 0. The van der Waals surface area contributed by atoms with Crippen molar-refractivity contribution in [3.63, 3.8) is 0 Å². The normalized spacial score (nSPS) is 10.8. The Morgan fingerprint density at radius 2 is 1.79 bits per heavy atom. The lowest BCUT2D eigenvalue weighted by Gasteiger charge is -2.09. The van der Waals surface area contributed by atoms with Crippen molar-refractivity contribution in [2.75, 3.05) is 6.61 Å². The molecule has 33 heavy (non-hydrogen) atoms. The summed E-state index contributed by atoms with van der Waals surface area (Å²) >= 11 is 5.90. The first kappa shape index (κ1) is 22.3. The second-order valence-electron chi connectivity index (χ2n) is 7.14. The number of hydrogen-bond donors (Lipinski definition) is 1. The van der Waals surface area contributed by atoms with E-state index in [1.54, 1.807) is 55.5 Å². The topological polar surface area (TPSA) is 103 Å². The lowest BCUT2D eigenvalue weighted by molar-refractivity contribution is -0.124. The number of ether oxygens (including phenoxy) is 1. The van der Waals surface area contributed by atoms with Crippen LogP contribution in [0.5, 0.6) is 0 Å². The molecule has 0 atom stereocenters. The van der Waals surface area contributed by atoms with Gasteiger partial charge >= 0.3 is 5.97 Å². The fourth-order valence-electron chi connectivity index (χ4n) is 3.28. The Hall–Kier alpha value is -3.91. The number of furan rings is 1. The van der Waals surface area contributed by atoms with Crippen LogP contribution in [-0.2, 0) is 22.6 Å². The number of fused-ring (bicyclic) bond motifs is 1. The van der Waals surface area contributed by atoms with Crippen LogP contribution in [0.4, 0.5) is 0 Å². The number of aryl methyl sites for hydroxylation is 1.